The van der Waals surface area contributed by atoms with E-state index in [0.717, 1.165) is 14.9 Å². The summed E-state index contributed by atoms with van der Waals surface area (Å²) in [4.78, 5) is 0. The molecule has 0 bridgehead atoms. The highest BCUT2D eigenvalue weighted by molar-refractivity contribution is 14.1. The molecule has 0 aliphatic carbocycles. The Morgan fingerprint density at radius 2 is 1.68 bits per heavy atom. The number of benzene rings is 3. The lowest BCUT2D eigenvalue weighted by Crippen LogP contribution is -3.61. The number of aryl methyl sites for hydroxylation is 1. The van der Waals surface area contributed by atoms with Crippen LogP contribution < -0.4 is 35.4 Å². The smallest absolute Gasteiger partial charge is 0.358 e. The van der Waals surface area contributed by atoms with Crippen LogP contribution in [0.5, 0.6) is 17.2 Å². The predicted octanol–water partition coefficient (Wildman–Crippen LogP) is 3.99. The molecule has 34 heavy (non-hydrogen) atoms. The molecule has 0 unspecified atom stereocenters. The third-order valence-corrected chi connectivity index (χ3v) is 9.17. The zero-order chi connectivity index (χ0) is 24.7. The van der Waals surface area contributed by atoms with E-state index in [9.17, 15) is 0 Å². The number of ether oxygens (including phenoxy) is 4. The maximum absolute atomic E-state index is 6.11. The molecule has 0 atom stereocenters. The maximum Gasteiger partial charge on any atom is 0.358 e. The fourth-order valence-corrected chi connectivity index (χ4v) is 6.44. The Morgan fingerprint density at radius 1 is 0.941 bits per heavy atom. The first-order chi connectivity index (χ1) is 16.2. The normalized spacial score (nSPS) is 11.4. The summed E-state index contributed by atoms with van der Waals surface area (Å²) in [6, 6.07) is 19.5. The predicted molar refractivity (Wildman–Crippen MR) is 141 cm³/mol. The van der Waals surface area contributed by atoms with Crippen LogP contribution in [0.15, 0.2) is 54.6 Å². The highest BCUT2D eigenvalue weighted by Crippen LogP contribution is 2.34. The van der Waals surface area contributed by atoms with Crippen molar-refractivity contribution in [2.75, 3.05) is 20.5 Å². The lowest BCUT2D eigenvalue weighted by Gasteiger charge is -2.18. The average Bonchev–Trinajstić information content (AvgIpc) is 2.80. The van der Waals surface area contributed by atoms with E-state index in [0.29, 0.717) is 24.7 Å². The van der Waals surface area contributed by atoms with E-state index in [-0.39, 0.29) is 33.4 Å². The van der Waals surface area contributed by atoms with Crippen molar-refractivity contribution < 1.29 is 40.2 Å². The third kappa shape index (κ3) is 7.49. The van der Waals surface area contributed by atoms with Gasteiger partial charge in [-0.05, 0) is 95.4 Å². The molecular formula is C28H33I2O4+. The van der Waals surface area contributed by atoms with Gasteiger partial charge in [-0.3, -0.25) is 0 Å². The van der Waals surface area contributed by atoms with Crippen molar-refractivity contribution in [2.45, 2.75) is 46.6 Å². The van der Waals surface area contributed by atoms with Crippen molar-refractivity contribution in [3.8, 4) is 17.2 Å². The van der Waals surface area contributed by atoms with Crippen LogP contribution in [0, 0.1) is 17.6 Å². The summed E-state index contributed by atoms with van der Waals surface area (Å²) in [5.41, 5.74) is 3.86. The number of halogens is 2. The molecule has 0 heterocycles. The summed E-state index contributed by atoms with van der Waals surface area (Å²) in [6.07, 6.45) is 0. The zero-order valence-corrected chi connectivity index (χ0v) is 25.0. The number of methoxy groups -OCH3 is 1. The molecule has 3 aromatic carbocycles. The van der Waals surface area contributed by atoms with Gasteiger partial charge in [-0.2, -0.15) is 0 Å². The van der Waals surface area contributed by atoms with Crippen LogP contribution in [-0.4, -0.2) is 20.5 Å². The Morgan fingerprint density at radius 3 is 2.29 bits per heavy atom. The summed E-state index contributed by atoms with van der Waals surface area (Å²) < 4.78 is 26.5. The van der Waals surface area contributed by atoms with Crippen molar-refractivity contribution in [3.05, 3.63) is 82.0 Å². The van der Waals surface area contributed by atoms with Gasteiger partial charge in [0.25, 0.3) is 0 Å². The largest absolute Gasteiger partial charge is 0.493 e. The monoisotopic (exact) mass is 687 g/mol. The number of hydrogen-bond donors (Lipinski definition) is 0. The summed E-state index contributed by atoms with van der Waals surface area (Å²) in [7, 11) is 1.64. The average molecular weight is 687 g/mol. The van der Waals surface area contributed by atoms with Crippen LogP contribution in [0.2, 0.25) is 0 Å². The molecule has 0 amide bonds. The summed E-state index contributed by atoms with van der Waals surface area (Å²) in [5, 5.41) is 0. The second-order valence-electron chi connectivity index (χ2n) is 8.92. The van der Waals surface area contributed by atoms with Gasteiger partial charge in [-0.25, -0.2) is 0 Å². The number of hydrogen-bond acceptors (Lipinski definition) is 4. The Balaban J connectivity index is 1.65. The maximum atomic E-state index is 6.11. The molecular weight excluding hydrogens is 654 g/mol. The van der Waals surface area contributed by atoms with Gasteiger partial charge in [0.1, 0.15) is 12.4 Å². The minimum atomic E-state index is -0.229. The molecule has 0 N–H and O–H groups in total. The molecule has 0 aliphatic heterocycles. The van der Waals surface area contributed by atoms with Crippen molar-refractivity contribution in [1.82, 2.24) is 0 Å². The Hall–Kier alpha value is -1.52. The highest BCUT2D eigenvalue weighted by Gasteiger charge is 2.21. The fourth-order valence-electron chi connectivity index (χ4n) is 3.29. The Labute approximate surface area is 227 Å². The minimum absolute atomic E-state index is 0.185. The van der Waals surface area contributed by atoms with E-state index in [1.807, 2.05) is 13.0 Å². The molecule has 182 valence electrons. The van der Waals surface area contributed by atoms with E-state index in [2.05, 4.69) is 98.8 Å². The van der Waals surface area contributed by atoms with Crippen molar-refractivity contribution in [2.24, 2.45) is 0 Å². The molecule has 0 saturated carbocycles. The van der Waals surface area contributed by atoms with Gasteiger partial charge in [0, 0.05) is 12.2 Å². The quantitative estimate of drug-likeness (QED) is 0.184. The summed E-state index contributed by atoms with van der Waals surface area (Å²) in [6.45, 7) is 12.1. The van der Waals surface area contributed by atoms with E-state index in [4.69, 9.17) is 18.9 Å². The molecule has 0 radical (unpaired) electrons. The molecule has 0 fully saturated rings. The van der Waals surface area contributed by atoms with Gasteiger partial charge < -0.3 is 18.9 Å². The van der Waals surface area contributed by atoms with Crippen LogP contribution in [-0.2, 0) is 16.8 Å². The second-order valence-corrected chi connectivity index (χ2v) is 13.0. The van der Waals surface area contributed by atoms with Gasteiger partial charge in [0.15, 0.2) is 25.4 Å². The molecule has 4 nitrogen and oxygen atoms in total. The molecule has 3 rings (SSSR count). The van der Waals surface area contributed by atoms with Gasteiger partial charge in [-0.1, -0.05) is 32.9 Å². The van der Waals surface area contributed by atoms with E-state index in [1.54, 1.807) is 7.11 Å². The first-order valence-corrected chi connectivity index (χ1v) is 14.5. The molecule has 3 aromatic rings. The topological polar surface area (TPSA) is 36.9 Å². The first kappa shape index (κ1) is 27.1. The van der Waals surface area contributed by atoms with Crippen LogP contribution in [0.1, 0.15) is 44.4 Å². The minimum Gasteiger partial charge on any atom is -0.493 e. The molecule has 0 aliphatic rings. The van der Waals surface area contributed by atoms with E-state index >= 15 is 0 Å². The SMILES string of the molecule is CCOCOc1c(I)cc(COc2ccc([I+]c3ccc(C(C)(C)C)cc3)c(C)c2)cc1OC. The van der Waals surface area contributed by atoms with Crippen LogP contribution >= 0.6 is 22.6 Å². The molecule has 6 heteroatoms. The van der Waals surface area contributed by atoms with Crippen molar-refractivity contribution >= 4 is 22.6 Å². The Kier molecular flexibility index (Phi) is 9.91. The lowest BCUT2D eigenvalue weighted by atomic mass is 9.87. The summed E-state index contributed by atoms with van der Waals surface area (Å²) >= 11 is 2.03. The van der Waals surface area contributed by atoms with E-state index in [1.165, 1.54) is 18.3 Å². The van der Waals surface area contributed by atoms with Gasteiger partial charge in [-0.15, -0.1) is 0 Å². The fraction of sp³-hybridized carbons (Fsp3) is 0.357. The lowest BCUT2D eigenvalue weighted by molar-refractivity contribution is -0.598. The highest BCUT2D eigenvalue weighted by atomic mass is 127. The van der Waals surface area contributed by atoms with Gasteiger partial charge in [0.2, 0.25) is 0 Å². The van der Waals surface area contributed by atoms with Crippen molar-refractivity contribution in [3.63, 3.8) is 0 Å². The summed E-state index contributed by atoms with van der Waals surface area (Å²) in [5.74, 6) is 2.25. The van der Waals surface area contributed by atoms with E-state index < -0.39 is 0 Å². The van der Waals surface area contributed by atoms with Gasteiger partial charge >= 0.3 is 21.2 Å². The Bertz CT molecular complexity index is 1090. The molecule has 0 aromatic heterocycles. The standard InChI is InChI=1S/C28H33I2O4/c1-7-32-18-34-27-24(29)15-20(16-26(27)31-6)17-33-23-12-13-25(19(2)14-23)30-22-10-8-21(9-11-22)28(3,4)5/h8-16H,7,17-18H2,1-6H3/q+1. The van der Waals surface area contributed by atoms with Crippen LogP contribution in [0.4, 0.5) is 0 Å². The zero-order valence-electron chi connectivity index (χ0n) is 20.7. The third-order valence-electron chi connectivity index (χ3n) is 5.24. The van der Waals surface area contributed by atoms with Gasteiger partial charge in [0.05, 0.1) is 10.7 Å². The van der Waals surface area contributed by atoms with Crippen molar-refractivity contribution in [1.29, 1.82) is 0 Å². The second kappa shape index (κ2) is 12.4. The van der Waals surface area contributed by atoms with Crippen LogP contribution in [0.25, 0.3) is 0 Å². The molecule has 0 saturated heterocycles. The molecule has 0 spiro atoms. The first-order valence-electron chi connectivity index (χ1n) is 11.3. The number of rotatable bonds is 10. The van der Waals surface area contributed by atoms with Crippen LogP contribution in [0.3, 0.4) is 0 Å².